The Hall–Kier alpha value is -1.30. The van der Waals surface area contributed by atoms with E-state index in [1.165, 1.54) is 33.4 Å². The predicted octanol–water partition coefficient (Wildman–Crippen LogP) is 5.23. The van der Waals surface area contributed by atoms with Crippen molar-refractivity contribution in [3.05, 3.63) is 52.1 Å². The summed E-state index contributed by atoms with van der Waals surface area (Å²) in [6, 6.07) is 4.64. The summed E-state index contributed by atoms with van der Waals surface area (Å²) in [7, 11) is 0. The quantitative estimate of drug-likeness (QED) is 0.630. The van der Waals surface area contributed by atoms with Crippen LogP contribution in [0.5, 0.6) is 0 Å². The molecule has 0 heterocycles. The summed E-state index contributed by atoms with van der Waals surface area (Å²) in [4.78, 5) is 0. The van der Waals surface area contributed by atoms with Gasteiger partial charge in [0.25, 0.3) is 0 Å². The topological polar surface area (TPSA) is 0 Å². The van der Waals surface area contributed by atoms with Gasteiger partial charge in [-0.05, 0) is 67.4 Å². The molecule has 0 radical (unpaired) electrons. The van der Waals surface area contributed by atoms with Crippen molar-refractivity contribution in [3.8, 4) is 0 Å². The van der Waals surface area contributed by atoms with Crippen LogP contribution in [-0.2, 0) is 0 Å². The fourth-order valence-electron chi connectivity index (χ4n) is 2.65. The lowest BCUT2D eigenvalue weighted by Gasteiger charge is -2.24. The van der Waals surface area contributed by atoms with Gasteiger partial charge in [0.1, 0.15) is 0 Å². The van der Waals surface area contributed by atoms with E-state index < -0.39 is 0 Å². The fraction of sp³-hybridized carbons (Fsp3) is 0.444. The van der Waals surface area contributed by atoms with Gasteiger partial charge in [-0.2, -0.15) is 0 Å². The molecule has 1 aliphatic rings. The molecular weight excluding hydrogens is 216 g/mol. The molecule has 0 fully saturated rings. The van der Waals surface area contributed by atoms with Crippen molar-refractivity contribution in [1.29, 1.82) is 0 Å². The van der Waals surface area contributed by atoms with E-state index >= 15 is 0 Å². The van der Waals surface area contributed by atoms with Crippen LogP contribution in [0, 0.1) is 32.6 Å². The third-order valence-electron chi connectivity index (χ3n) is 4.59. The predicted molar refractivity (Wildman–Crippen MR) is 80.7 cm³/mol. The molecule has 18 heavy (non-hydrogen) atoms. The third kappa shape index (κ3) is 2.29. The van der Waals surface area contributed by atoms with Crippen LogP contribution in [0.3, 0.4) is 0 Å². The van der Waals surface area contributed by atoms with Gasteiger partial charge in [0.2, 0.25) is 0 Å². The molecule has 0 heteroatoms. The van der Waals surface area contributed by atoms with Crippen molar-refractivity contribution in [2.24, 2.45) is 11.8 Å². The maximum absolute atomic E-state index is 2.42. The van der Waals surface area contributed by atoms with E-state index in [1.54, 1.807) is 0 Å². The molecule has 1 aliphatic carbocycles. The summed E-state index contributed by atoms with van der Waals surface area (Å²) in [5, 5.41) is 0. The lowest BCUT2D eigenvalue weighted by Crippen LogP contribution is -2.11. The molecule has 2 atom stereocenters. The Kier molecular flexibility index (Phi) is 3.47. The Balaban J connectivity index is 2.48. The van der Waals surface area contributed by atoms with E-state index in [9.17, 15) is 0 Å². The highest BCUT2D eigenvalue weighted by Gasteiger charge is 2.18. The fourth-order valence-corrected chi connectivity index (χ4v) is 2.65. The van der Waals surface area contributed by atoms with Gasteiger partial charge in [-0.1, -0.05) is 43.7 Å². The number of rotatable bonds is 1. The van der Waals surface area contributed by atoms with Gasteiger partial charge < -0.3 is 0 Å². The van der Waals surface area contributed by atoms with E-state index in [1.807, 2.05) is 0 Å². The van der Waals surface area contributed by atoms with Crippen LogP contribution >= 0.6 is 0 Å². The second-order valence-corrected chi connectivity index (χ2v) is 5.89. The minimum atomic E-state index is 0.631. The van der Waals surface area contributed by atoms with Crippen molar-refractivity contribution in [2.75, 3.05) is 0 Å². The smallest absolute Gasteiger partial charge is 0.0170 e. The van der Waals surface area contributed by atoms with Gasteiger partial charge >= 0.3 is 0 Å². The summed E-state index contributed by atoms with van der Waals surface area (Å²) in [5.41, 5.74) is 8.46. The molecule has 1 aromatic rings. The molecule has 0 saturated heterocycles. The molecule has 2 unspecified atom stereocenters. The molecule has 0 bridgehead atoms. The normalized spacial score (nSPS) is 23.7. The SMILES string of the molecule is CC1=CC(c2cc(C)c(C)c(C)c2)=CC(C)C1C. The summed E-state index contributed by atoms with van der Waals surface area (Å²) >= 11 is 0. The highest BCUT2D eigenvalue weighted by molar-refractivity contribution is 5.77. The second kappa shape index (κ2) is 4.76. The van der Waals surface area contributed by atoms with Crippen molar-refractivity contribution in [3.63, 3.8) is 0 Å². The average Bonchev–Trinajstić information content (AvgIpc) is 2.31. The number of benzene rings is 1. The van der Waals surface area contributed by atoms with E-state index in [4.69, 9.17) is 0 Å². The number of allylic oxidation sites excluding steroid dienone is 4. The zero-order valence-corrected chi connectivity index (χ0v) is 12.5. The van der Waals surface area contributed by atoms with E-state index in [2.05, 4.69) is 65.8 Å². The molecular formula is C18H24. The molecule has 0 nitrogen and oxygen atoms in total. The number of hydrogen-bond donors (Lipinski definition) is 0. The molecule has 96 valence electrons. The minimum Gasteiger partial charge on any atom is -0.0732 e. The standard InChI is InChI=1S/C18H24/c1-11-7-17(8-12(2)15(11)5)18-9-13(3)16(6)14(4)10-18/h7-11,15H,1-6H3. The lowest BCUT2D eigenvalue weighted by atomic mass is 9.81. The van der Waals surface area contributed by atoms with Crippen LogP contribution in [0.25, 0.3) is 5.57 Å². The van der Waals surface area contributed by atoms with E-state index in [0.29, 0.717) is 11.8 Å². The van der Waals surface area contributed by atoms with Gasteiger partial charge in [-0.3, -0.25) is 0 Å². The monoisotopic (exact) mass is 240 g/mol. The Labute approximate surface area is 111 Å². The Morgan fingerprint density at radius 2 is 1.44 bits per heavy atom. The summed E-state index contributed by atoms with van der Waals surface area (Å²) < 4.78 is 0. The van der Waals surface area contributed by atoms with Gasteiger partial charge in [0, 0.05) is 0 Å². The maximum Gasteiger partial charge on any atom is -0.0170 e. The van der Waals surface area contributed by atoms with Crippen LogP contribution in [0.15, 0.2) is 29.9 Å². The third-order valence-corrected chi connectivity index (χ3v) is 4.59. The zero-order valence-electron chi connectivity index (χ0n) is 12.5. The van der Waals surface area contributed by atoms with E-state index in [0.717, 1.165) is 0 Å². The minimum absolute atomic E-state index is 0.631. The van der Waals surface area contributed by atoms with Crippen molar-refractivity contribution in [1.82, 2.24) is 0 Å². The maximum atomic E-state index is 2.42. The first-order valence-corrected chi connectivity index (χ1v) is 6.88. The first-order valence-electron chi connectivity index (χ1n) is 6.88. The van der Waals surface area contributed by atoms with Gasteiger partial charge in [0.05, 0.1) is 0 Å². The highest BCUT2D eigenvalue weighted by Crippen LogP contribution is 2.33. The van der Waals surface area contributed by atoms with E-state index in [-0.39, 0.29) is 0 Å². The van der Waals surface area contributed by atoms with Crippen LogP contribution < -0.4 is 0 Å². The number of aryl methyl sites for hydroxylation is 2. The van der Waals surface area contributed by atoms with Crippen molar-refractivity contribution >= 4 is 5.57 Å². The molecule has 0 aromatic heterocycles. The van der Waals surface area contributed by atoms with Gasteiger partial charge in [-0.25, -0.2) is 0 Å². The largest absolute Gasteiger partial charge is 0.0732 e. The molecule has 0 saturated carbocycles. The lowest BCUT2D eigenvalue weighted by molar-refractivity contribution is 0.525. The Bertz CT molecular complexity index is 506. The zero-order chi connectivity index (χ0) is 13.4. The van der Waals surface area contributed by atoms with Crippen LogP contribution in [0.1, 0.15) is 43.0 Å². The first-order chi connectivity index (χ1) is 8.40. The number of hydrogen-bond acceptors (Lipinski definition) is 0. The van der Waals surface area contributed by atoms with Crippen molar-refractivity contribution in [2.45, 2.75) is 41.5 Å². The van der Waals surface area contributed by atoms with Gasteiger partial charge in [-0.15, -0.1) is 0 Å². The summed E-state index contributed by atoms with van der Waals surface area (Å²) in [6.07, 6.45) is 4.77. The first kappa shape index (κ1) is 13.1. The van der Waals surface area contributed by atoms with Crippen LogP contribution in [0.2, 0.25) is 0 Å². The van der Waals surface area contributed by atoms with Crippen LogP contribution in [-0.4, -0.2) is 0 Å². The molecule has 0 amide bonds. The van der Waals surface area contributed by atoms with Gasteiger partial charge in [0.15, 0.2) is 0 Å². The molecule has 0 spiro atoms. The summed E-state index contributed by atoms with van der Waals surface area (Å²) in [6.45, 7) is 13.5. The molecule has 2 rings (SSSR count). The highest BCUT2D eigenvalue weighted by atomic mass is 14.2. The summed E-state index contributed by atoms with van der Waals surface area (Å²) in [5.74, 6) is 1.30. The Morgan fingerprint density at radius 3 is 1.94 bits per heavy atom. The molecule has 0 N–H and O–H groups in total. The molecule has 1 aromatic carbocycles. The average molecular weight is 240 g/mol. The molecule has 0 aliphatic heterocycles. The van der Waals surface area contributed by atoms with Crippen molar-refractivity contribution < 1.29 is 0 Å². The second-order valence-electron chi connectivity index (χ2n) is 5.89. The Morgan fingerprint density at radius 1 is 0.889 bits per heavy atom. The van der Waals surface area contributed by atoms with Crippen LogP contribution in [0.4, 0.5) is 0 Å².